The summed E-state index contributed by atoms with van der Waals surface area (Å²) in [6.45, 7) is 0. The number of nitrogens with one attached hydrogen (secondary N) is 1. The van der Waals surface area contributed by atoms with E-state index in [1.54, 1.807) is 30.3 Å². The van der Waals surface area contributed by atoms with Gasteiger partial charge >= 0.3 is 5.97 Å². The number of fused-ring (bicyclic) bond motifs is 1. The lowest BCUT2D eigenvalue weighted by atomic mass is 10.1. The fraction of sp³-hybridized carbons (Fsp3) is 0.0435. The second-order valence-corrected chi connectivity index (χ2v) is 13.5. The number of aromatic carboxylic acids is 1. The molecule has 184 valence electrons. The van der Waals surface area contributed by atoms with Crippen LogP contribution in [0.2, 0.25) is 0 Å². The Morgan fingerprint density at radius 2 is 1.53 bits per heavy atom. The number of halogens is 5. The predicted octanol–water partition coefficient (Wildman–Crippen LogP) is 9.03. The fourth-order valence-electron chi connectivity index (χ4n) is 3.13. The Morgan fingerprint density at radius 1 is 0.889 bits per heavy atom. The Hall–Kier alpha value is -1.09. The van der Waals surface area contributed by atoms with Gasteiger partial charge in [-0.25, -0.2) is 9.78 Å². The van der Waals surface area contributed by atoms with E-state index >= 15 is 0 Å². The summed E-state index contributed by atoms with van der Waals surface area (Å²) >= 11 is 19.4. The van der Waals surface area contributed by atoms with Crippen LogP contribution in [0.4, 0.5) is 5.69 Å². The van der Waals surface area contributed by atoms with Gasteiger partial charge in [-0.3, -0.25) is 9.59 Å². The Labute approximate surface area is 255 Å². The molecule has 0 aliphatic carbocycles. The van der Waals surface area contributed by atoms with E-state index in [4.69, 9.17) is 0 Å². The van der Waals surface area contributed by atoms with Gasteiger partial charge < -0.3 is 10.4 Å². The maximum absolute atomic E-state index is 13.1. The van der Waals surface area contributed by atoms with Crippen LogP contribution in [-0.2, 0) is 0 Å². The van der Waals surface area contributed by atoms with Crippen LogP contribution < -0.4 is 5.32 Å². The van der Waals surface area contributed by atoms with Crippen molar-refractivity contribution in [2.75, 3.05) is 11.1 Å². The molecule has 0 unspecified atom stereocenters. The largest absolute Gasteiger partial charge is 0.478 e. The van der Waals surface area contributed by atoms with Crippen LogP contribution in [-0.4, -0.2) is 33.5 Å². The van der Waals surface area contributed by atoms with Gasteiger partial charge in [-0.15, -0.1) is 11.3 Å². The highest BCUT2D eigenvalue weighted by molar-refractivity contribution is 9.15. The first kappa shape index (κ1) is 27.9. The number of hydrogen-bond acceptors (Lipinski definition) is 6. The van der Waals surface area contributed by atoms with Crippen LogP contribution in [0.15, 0.2) is 69.2 Å². The summed E-state index contributed by atoms with van der Waals surface area (Å²) in [7, 11) is 0. The lowest BCUT2D eigenvalue weighted by Crippen LogP contribution is -2.18. The van der Waals surface area contributed by atoms with Gasteiger partial charge in [-0.05, 0) is 94.1 Å². The van der Waals surface area contributed by atoms with Crippen molar-refractivity contribution in [1.29, 1.82) is 0 Å². The van der Waals surface area contributed by atoms with Crippen LogP contribution in [0.3, 0.4) is 0 Å². The van der Waals surface area contributed by atoms with Gasteiger partial charge in [-0.1, -0.05) is 39.8 Å². The molecule has 0 aliphatic rings. The second kappa shape index (κ2) is 11.7. The third kappa shape index (κ3) is 5.97. The average Bonchev–Trinajstić information content (AvgIpc) is 3.25. The summed E-state index contributed by atoms with van der Waals surface area (Å²) in [6.07, 6.45) is 0. The molecular weight excluding hydrogens is 832 g/mol. The maximum atomic E-state index is 13.1. The summed E-state index contributed by atoms with van der Waals surface area (Å²) in [5.74, 6) is -1.58. The van der Waals surface area contributed by atoms with E-state index in [0.29, 0.717) is 24.7 Å². The number of carboxylic acid groups (broad SMARTS) is 1. The van der Waals surface area contributed by atoms with Gasteiger partial charge in [0.05, 0.1) is 27.1 Å². The number of rotatable bonds is 7. The SMILES string of the molecule is O=C(CSc1nc2ccc(NC(=O)c3c(Br)c(Br)c(Br)c(Br)c3C(=O)O)cc2s1)c1ccc(Br)cc1. The number of nitrogens with zero attached hydrogens (tertiary/aromatic N) is 1. The number of aromatic nitrogens is 1. The van der Waals surface area contributed by atoms with Gasteiger partial charge in [0.15, 0.2) is 10.1 Å². The van der Waals surface area contributed by atoms with E-state index in [9.17, 15) is 19.5 Å². The Bertz CT molecular complexity index is 1540. The highest BCUT2D eigenvalue weighted by Crippen LogP contribution is 2.42. The van der Waals surface area contributed by atoms with Crippen molar-refractivity contribution in [3.63, 3.8) is 0 Å². The van der Waals surface area contributed by atoms with Gasteiger partial charge in [-0.2, -0.15) is 0 Å². The number of carbonyl (C=O) groups is 3. The first-order chi connectivity index (χ1) is 17.1. The van der Waals surface area contributed by atoms with Crippen molar-refractivity contribution in [2.45, 2.75) is 4.34 Å². The minimum Gasteiger partial charge on any atom is -0.478 e. The molecule has 3 aromatic carbocycles. The van der Waals surface area contributed by atoms with Gasteiger partial charge in [0, 0.05) is 33.6 Å². The molecule has 4 aromatic rings. The van der Waals surface area contributed by atoms with E-state index in [1.165, 1.54) is 23.1 Å². The summed E-state index contributed by atoms with van der Waals surface area (Å²) in [5.41, 5.74) is 1.64. The lowest BCUT2D eigenvalue weighted by molar-refractivity contribution is 0.0691. The molecule has 0 bridgehead atoms. The average molecular weight is 843 g/mol. The zero-order chi connectivity index (χ0) is 26.1. The molecule has 13 heteroatoms. The highest BCUT2D eigenvalue weighted by atomic mass is 79.9. The number of thiazole rings is 1. The summed E-state index contributed by atoms with van der Waals surface area (Å²) in [5, 5.41) is 12.5. The fourth-order valence-corrected chi connectivity index (χ4v) is 7.86. The molecule has 4 rings (SSSR count). The number of ketones is 1. The number of anilines is 1. The quantitative estimate of drug-likeness (QED) is 0.0835. The Kier molecular flexibility index (Phi) is 9.12. The highest BCUT2D eigenvalue weighted by Gasteiger charge is 2.28. The van der Waals surface area contributed by atoms with Crippen LogP contribution in [0, 0.1) is 0 Å². The zero-order valence-electron chi connectivity index (χ0n) is 17.6. The van der Waals surface area contributed by atoms with Gasteiger partial charge in [0.25, 0.3) is 5.91 Å². The van der Waals surface area contributed by atoms with E-state index in [0.717, 1.165) is 19.0 Å². The monoisotopic (exact) mass is 838 g/mol. The van der Waals surface area contributed by atoms with Crippen LogP contribution in [0.5, 0.6) is 0 Å². The topological polar surface area (TPSA) is 96.4 Å². The second-order valence-electron chi connectivity index (χ2n) is 7.15. The molecule has 0 atom stereocenters. The number of Topliss-reactive ketones (excluding diaryl/α,β-unsaturated/α-hetero) is 1. The van der Waals surface area contributed by atoms with Gasteiger partial charge in [0.2, 0.25) is 0 Å². The molecule has 0 saturated heterocycles. The molecule has 1 amide bonds. The van der Waals surface area contributed by atoms with Crippen LogP contribution in [0.25, 0.3) is 10.2 Å². The number of hydrogen-bond donors (Lipinski definition) is 2. The van der Waals surface area contributed by atoms with Crippen molar-refractivity contribution in [1.82, 2.24) is 4.98 Å². The van der Waals surface area contributed by atoms with Crippen molar-refractivity contribution in [2.24, 2.45) is 0 Å². The first-order valence-corrected chi connectivity index (χ1v) is 15.6. The minimum absolute atomic E-state index is 0.00587. The molecule has 0 radical (unpaired) electrons. The minimum atomic E-state index is -1.25. The number of carboxylic acids is 1. The predicted molar refractivity (Wildman–Crippen MR) is 161 cm³/mol. The van der Waals surface area contributed by atoms with E-state index in [1.807, 2.05) is 12.1 Å². The first-order valence-electron chi connectivity index (χ1n) is 9.79. The standard InChI is InChI=1S/C23H11Br5N2O4S2/c24-10-3-1-9(2-4-10)13(31)8-35-23-30-12-6-5-11(7-14(12)36-23)29-21(32)15-16(22(33)34)18(26)20(28)19(27)17(15)25/h1-7H,8H2,(H,29,32)(H,33,34). The summed E-state index contributed by atoms with van der Waals surface area (Å²) < 4.78 is 3.98. The van der Waals surface area contributed by atoms with Crippen molar-refractivity contribution >= 4 is 136 Å². The van der Waals surface area contributed by atoms with Crippen LogP contribution in [0.1, 0.15) is 31.1 Å². The van der Waals surface area contributed by atoms with E-state index < -0.39 is 11.9 Å². The van der Waals surface area contributed by atoms with Crippen molar-refractivity contribution < 1.29 is 19.5 Å². The van der Waals surface area contributed by atoms with Crippen LogP contribution >= 0.6 is 103 Å². The molecule has 0 saturated carbocycles. The van der Waals surface area contributed by atoms with E-state index in [2.05, 4.69) is 90.0 Å². The normalized spacial score (nSPS) is 11.0. The number of carbonyl (C=O) groups excluding carboxylic acids is 2. The summed E-state index contributed by atoms with van der Waals surface area (Å²) in [4.78, 5) is 42.1. The Balaban J connectivity index is 1.54. The third-order valence-corrected chi connectivity index (χ3v) is 12.3. The molecule has 6 nitrogen and oxygen atoms in total. The molecule has 0 fully saturated rings. The number of thioether (sulfide) groups is 1. The van der Waals surface area contributed by atoms with Gasteiger partial charge in [0.1, 0.15) is 0 Å². The smallest absolute Gasteiger partial charge is 0.337 e. The lowest BCUT2D eigenvalue weighted by Gasteiger charge is -2.14. The molecule has 0 spiro atoms. The zero-order valence-corrected chi connectivity index (χ0v) is 27.1. The maximum Gasteiger partial charge on any atom is 0.337 e. The molecule has 1 heterocycles. The molecular formula is C23H11Br5N2O4S2. The Morgan fingerprint density at radius 3 is 2.17 bits per heavy atom. The van der Waals surface area contributed by atoms with Crippen molar-refractivity contribution in [3.8, 4) is 0 Å². The molecule has 2 N–H and O–H groups in total. The van der Waals surface area contributed by atoms with E-state index in [-0.39, 0.29) is 27.1 Å². The molecule has 1 aromatic heterocycles. The third-order valence-electron chi connectivity index (χ3n) is 4.83. The van der Waals surface area contributed by atoms with Crippen molar-refractivity contribution in [3.05, 3.63) is 81.5 Å². The summed E-state index contributed by atoms with van der Waals surface area (Å²) in [6, 6.07) is 12.4. The number of amides is 1. The molecule has 0 aliphatic heterocycles. The number of benzene rings is 3. The molecule has 36 heavy (non-hydrogen) atoms.